The van der Waals surface area contributed by atoms with E-state index in [0.29, 0.717) is 18.0 Å². The van der Waals surface area contributed by atoms with Gasteiger partial charge in [-0.1, -0.05) is 11.6 Å². The Balaban J connectivity index is 1.73. The van der Waals surface area contributed by atoms with Crippen molar-refractivity contribution in [2.24, 2.45) is 5.92 Å². The van der Waals surface area contributed by atoms with Crippen molar-refractivity contribution < 1.29 is 4.79 Å². The highest BCUT2D eigenvalue weighted by molar-refractivity contribution is 5.99. The highest BCUT2D eigenvalue weighted by Gasteiger charge is 2.42. The number of pyridine rings is 1. The molecule has 0 N–H and O–H groups in total. The van der Waals surface area contributed by atoms with Crippen LogP contribution in [0.15, 0.2) is 24.3 Å². The monoisotopic (exact) mass is 308 g/mol. The Morgan fingerprint density at radius 1 is 1.17 bits per heavy atom. The lowest BCUT2D eigenvalue weighted by molar-refractivity contribution is 0.0653. The smallest absolute Gasteiger partial charge is 0.256 e. The van der Waals surface area contributed by atoms with E-state index < -0.39 is 0 Å². The fraction of sp³-hybridized carbons (Fsp3) is 0.500. The van der Waals surface area contributed by atoms with Crippen LogP contribution >= 0.6 is 0 Å². The summed E-state index contributed by atoms with van der Waals surface area (Å²) in [7, 11) is 0. The second-order valence-corrected chi connectivity index (χ2v) is 7.34. The Hall–Kier alpha value is -1.90. The molecule has 0 saturated heterocycles. The summed E-state index contributed by atoms with van der Waals surface area (Å²) in [5, 5.41) is 1.06. The lowest BCUT2D eigenvalue weighted by Gasteiger charge is -2.30. The summed E-state index contributed by atoms with van der Waals surface area (Å²) in [5.74, 6) is 0.885. The van der Waals surface area contributed by atoms with Crippen molar-refractivity contribution >= 4 is 16.8 Å². The first-order valence-electron chi connectivity index (χ1n) is 8.75. The van der Waals surface area contributed by atoms with E-state index in [0.717, 1.165) is 35.0 Å². The zero-order valence-corrected chi connectivity index (χ0v) is 14.2. The predicted molar refractivity (Wildman–Crippen MR) is 92.6 cm³/mol. The fourth-order valence-electron chi connectivity index (χ4n) is 3.59. The maximum Gasteiger partial charge on any atom is 0.256 e. The number of fused-ring (bicyclic) bond motifs is 1. The molecule has 1 aromatic carbocycles. The number of hydrogen-bond acceptors (Lipinski definition) is 2. The third-order valence-corrected chi connectivity index (χ3v) is 5.31. The average Bonchev–Trinajstić information content (AvgIpc) is 3.38. The molecule has 120 valence electrons. The van der Waals surface area contributed by atoms with Crippen LogP contribution in [-0.4, -0.2) is 27.9 Å². The van der Waals surface area contributed by atoms with Crippen molar-refractivity contribution in [3.63, 3.8) is 0 Å². The Morgan fingerprint density at radius 3 is 2.57 bits per heavy atom. The van der Waals surface area contributed by atoms with Gasteiger partial charge in [0.15, 0.2) is 0 Å². The molecule has 2 fully saturated rings. The van der Waals surface area contributed by atoms with Crippen LogP contribution in [0, 0.1) is 19.8 Å². The summed E-state index contributed by atoms with van der Waals surface area (Å²) in [6.07, 6.45) is 4.85. The van der Waals surface area contributed by atoms with Gasteiger partial charge < -0.3 is 4.90 Å². The van der Waals surface area contributed by atoms with Crippen molar-refractivity contribution in [3.05, 3.63) is 41.1 Å². The number of rotatable bonds is 4. The third kappa shape index (κ3) is 2.73. The Bertz CT molecular complexity index is 775. The van der Waals surface area contributed by atoms with Crippen molar-refractivity contribution in [2.75, 3.05) is 0 Å². The van der Waals surface area contributed by atoms with Gasteiger partial charge in [-0.3, -0.25) is 9.78 Å². The van der Waals surface area contributed by atoms with E-state index in [-0.39, 0.29) is 5.91 Å². The minimum atomic E-state index is 0.181. The molecule has 2 aliphatic rings. The SMILES string of the molecule is Cc1ccc2nc(C)c(C(=O)N(C3CC3)[C@@H](C)C3CC3)cc2c1. The van der Waals surface area contributed by atoms with E-state index in [2.05, 4.69) is 35.9 Å². The molecule has 1 atom stereocenters. The number of carbonyl (C=O) groups excluding carboxylic acids is 1. The van der Waals surface area contributed by atoms with E-state index in [9.17, 15) is 4.79 Å². The van der Waals surface area contributed by atoms with Gasteiger partial charge in [0.2, 0.25) is 0 Å². The lowest BCUT2D eigenvalue weighted by atomic mass is 10.0. The van der Waals surface area contributed by atoms with Gasteiger partial charge in [0.1, 0.15) is 0 Å². The molecule has 1 aromatic heterocycles. The van der Waals surface area contributed by atoms with Crippen LogP contribution in [0.2, 0.25) is 0 Å². The molecule has 0 bridgehead atoms. The molecule has 2 aliphatic carbocycles. The van der Waals surface area contributed by atoms with E-state index in [1.54, 1.807) is 0 Å². The van der Waals surface area contributed by atoms with E-state index in [1.807, 2.05) is 19.1 Å². The normalized spacial score (nSPS) is 18.9. The van der Waals surface area contributed by atoms with Gasteiger partial charge in [-0.15, -0.1) is 0 Å². The average molecular weight is 308 g/mol. The largest absolute Gasteiger partial charge is 0.333 e. The second kappa shape index (κ2) is 5.33. The van der Waals surface area contributed by atoms with Gasteiger partial charge in [0.05, 0.1) is 16.8 Å². The molecular weight excluding hydrogens is 284 g/mol. The van der Waals surface area contributed by atoms with Gasteiger partial charge in [-0.2, -0.15) is 0 Å². The molecule has 1 amide bonds. The minimum Gasteiger partial charge on any atom is -0.333 e. The molecular formula is C20H24N2O. The number of benzene rings is 1. The van der Waals surface area contributed by atoms with Gasteiger partial charge in [-0.05, 0) is 70.6 Å². The third-order valence-electron chi connectivity index (χ3n) is 5.31. The van der Waals surface area contributed by atoms with Gasteiger partial charge in [-0.25, -0.2) is 0 Å². The predicted octanol–water partition coefficient (Wildman–Crippen LogP) is 4.25. The summed E-state index contributed by atoms with van der Waals surface area (Å²) < 4.78 is 0. The summed E-state index contributed by atoms with van der Waals surface area (Å²) in [5.41, 5.74) is 3.80. The first-order chi connectivity index (χ1) is 11.0. The van der Waals surface area contributed by atoms with Crippen molar-refractivity contribution in [1.29, 1.82) is 0 Å². The summed E-state index contributed by atoms with van der Waals surface area (Å²) in [6.45, 7) is 6.26. The number of amides is 1. The highest BCUT2D eigenvalue weighted by Crippen LogP contribution is 2.40. The highest BCUT2D eigenvalue weighted by atomic mass is 16.2. The lowest BCUT2D eigenvalue weighted by Crippen LogP contribution is -2.42. The number of hydrogen-bond donors (Lipinski definition) is 0. The first kappa shape index (κ1) is 14.7. The summed E-state index contributed by atoms with van der Waals surface area (Å²) >= 11 is 0. The van der Waals surface area contributed by atoms with Crippen LogP contribution in [-0.2, 0) is 0 Å². The molecule has 0 radical (unpaired) electrons. The van der Waals surface area contributed by atoms with Crippen molar-refractivity contribution in [3.8, 4) is 0 Å². The quantitative estimate of drug-likeness (QED) is 0.845. The maximum atomic E-state index is 13.2. The van der Waals surface area contributed by atoms with Crippen LogP contribution in [0.1, 0.15) is 54.2 Å². The zero-order valence-electron chi connectivity index (χ0n) is 14.2. The molecule has 0 unspecified atom stereocenters. The standard InChI is InChI=1S/C20H24N2O/c1-12-4-9-19-16(10-12)11-18(13(2)21-19)20(23)22(17-7-8-17)14(3)15-5-6-15/h4,9-11,14-15,17H,5-8H2,1-3H3/t14-/m0/s1. The molecule has 23 heavy (non-hydrogen) atoms. The van der Waals surface area contributed by atoms with Crippen LogP contribution in [0.3, 0.4) is 0 Å². The van der Waals surface area contributed by atoms with Gasteiger partial charge >= 0.3 is 0 Å². The zero-order chi connectivity index (χ0) is 16.1. The molecule has 4 rings (SSSR count). The van der Waals surface area contributed by atoms with Gasteiger partial charge in [0, 0.05) is 17.5 Å². The number of aromatic nitrogens is 1. The molecule has 2 aromatic rings. The maximum absolute atomic E-state index is 13.2. The summed E-state index contributed by atoms with van der Waals surface area (Å²) in [6, 6.07) is 9.08. The number of nitrogens with zero attached hydrogens (tertiary/aromatic N) is 2. The van der Waals surface area contributed by atoms with E-state index >= 15 is 0 Å². The fourth-order valence-corrected chi connectivity index (χ4v) is 3.59. The van der Waals surface area contributed by atoms with E-state index in [4.69, 9.17) is 0 Å². The molecule has 3 nitrogen and oxygen atoms in total. The van der Waals surface area contributed by atoms with Crippen LogP contribution in [0.4, 0.5) is 0 Å². The molecule has 2 saturated carbocycles. The topological polar surface area (TPSA) is 33.2 Å². The van der Waals surface area contributed by atoms with Crippen LogP contribution < -0.4 is 0 Å². The molecule has 0 aliphatic heterocycles. The molecule has 1 heterocycles. The minimum absolute atomic E-state index is 0.181. The van der Waals surface area contributed by atoms with Crippen LogP contribution in [0.5, 0.6) is 0 Å². The number of carbonyl (C=O) groups is 1. The first-order valence-corrected chi connectivity index (χ1v) is 8.75. The number of aryl methyl sites for hydroxylation is 2. The second-order valence-electron chi connectivity index (χ2n) is 7.34. The summed E-state index contributed by atoms with van der Waals surface area (Å²) in [4.78, 5) is 20.1. The van der Waals surface area contributed by atoms with Gasteiger partial charge in [0.25, 0.3) is 5.91 Å². The van der Waals surface area contributed by atoms with Crippen molar-refractivity contribution in [2.45, 2.75) is 58.5 Å². The van der Waals surface area contributed by atoms with Crippen molar-refractivity contribution in [1.82, 2.24) is 9.88 Å². The Morgan fingerprint density at radius 2 is 1.91 bits per heavy atom. The Labute approximate surface area is 137 Å². The Kier molecular flexibility index (Phi) is 3.40. The molecule has 3 heteroatoms. The van der Waals surface area contributed by atoms with Crippen LogP contribution in [0.25, 0.3) is 10.9 Å². The molecule has 0 spiro atoms. The van der Waals surface area contributed by atoms with E-state index in [1.165, 1.54) is 18.4 Å².